The Morgan fingerprint density at radius 3 is 2.46 bits per heavy atom. The average Bonchev–Trinajstić information content (AvgIpc) is 3.30. The van der Waals surface area contributed by atoms with Gasteiger partial charge in [0.15, 0.2) is 21.4 Å². The zero-order chi connectivity index (χ0) is 19.3. The Morgan fingerprint density at radius 1 is 1.31 bits per heavy atom. The highest BCUT2D eigenvalue weighted by molar-refractivity contribution is 7.90. The topological polar surface area (TPSA) is 77.2 Å². The maximum Gasteiger partial charge on any atom is 0.416 e. The van der Waals surface area contributed by atoms with Gasteiger partial charge in [-0.15, -0.1) is 0 Å². The number of carbonyl (C=O) groups is 1. The number of benzene rings is 1. The second-order valence-electron chi connectivity index (χ2n) is 6.31. The van der Waals surface area contributed by atoms with E-state index in [-0.39, 0.29) is 17.0 Å². The molecule has 9 heteroatoms. The van der Waals surface area contributed by atoms with Crippen LogP contribution in [0.25, 0.3) is 0 Å². The van der Waals surface area contributed by atoms with Crippen molar-refractivity contribution in [3.63, 3.8) is 0 Å². The summed E-state index contributed by atoms with van der Waals surface area (Å²) in [5.74, 6) is -0.261. The molecule has 1 heterocycles. The molecule has 0 spiro atoms. The average molecular weight is 387 g/mol. The van der Waals surface area contributed by atoms with Crippen LogP contribution in [0.4, 0.5) is 13.2 Å². The summed E-state index contributed by atoms with van der Waals surface area (Å²) < 4.78 is 68.2. The molecule has 0 atom stereocenters. The minimum Gasteiger partial charge on any atom is -0.360 e. The van der Waals surface area contributed by atoms with Crippen molar-refractivity contribution >= 4 is 15.6 Å². The lowest BCUT2D eigenvalue weighted by atomic mass is 9.97. The van der Waals surface area contributed by atoms with E-state index in [2.05, 4.69) is 5.16 Å². The van der Waals surface area contributed by atoms with Crippen LogP contribution in [0.2, 0.25) is 0 Å². The van der Waals surface area contributed by atoms with Gasteiger partial charge < -0.3 is 4.52 Å². The van der Waals surface area contributed by atoms with Crippen molar-refractivity contribution in [2.24, 2.45) is 0 Å². The van der Waals surface area contributed by atoms with E-state index in [1.165, 1.54) is 0 Å². The minimum atomic E-state index is -4.72. The number of halogens is 3. The maximum atomic E-state index is 13.0. The Labute approximate surface area is 148 Å². The van der Waals surface area contributed by atoms with Crippen LogP contribution >= 0.6 is 0 Å². The highest BCUT2D eigenvalue weighted by Gasteiger charge is 2.37. The van der Waals surface area contributed by atoms with Gasteiger partial charge in [0.1, 0.15) is 0 Å². The molecule has 140 valence electrons. The minimum absolute atomic E-state index is 0.0397. The van der Waals surface area contributed by atoms with Gasteiger partial charge in [-0.25, -0.2) is 8.42 Å². The fraction of sp³-hybridized carbons (Fsp3) is 0.412. The van der Waals surface area contributed by atoms with Gasteiger partial charge in [0.25, 0.3) is 0 Å². The Balaban J connectivity index is 2.18. The maximum absolute atomic E-state index is 13.0. The normalized spacial score (nSPS) is 15.3. The predicted octanol–water partition coefficient (Wildman–Crippen LogP) is 3.77. The summed E-state index contributed by atoms with van der Waals surface area (Å²) in [5, 5.41) is 3.87. The first-order valence-corrected chi connectivity index (χ1v) is 9.87. The number of sulfone groups is 1. The van der Waals surface area contributed by atoms with Gasteiger partial charge in [0, 0.05) is 17.7 Å². The SMILES string of the molecule is CCc1noc(C2CC2)c1C(=O)c1ccc(C(F)(F)F)cc1S(C)(=O)=O. The number of carbonyl (C=O) groups excluding carboxylic acids is 1. The number of rotatable bonds is 5. The van der Waals surface area contributed by atoms with Crippen LogP contribution in [0.3, 0.4) is 0 Å². The highest BCUT2D eigenvalue weighted by Crippen LogP contribution is 2.43. The molecule has 2 aromatic rings. The van der Waals surface area contributed by atoms with Gasteiger partial charge in [-0.1, -0.05) is 12.1 Å². The molecular weight excluding hydrogens is 371 g/mol. The third kappa shape index (κ3) is 3.40. The molecule has 0 bridgehead atoms. The zero-order valence-corrected chi connectivity index (χ0v) is 14.9. The van der Waals surface area contributed by atoms with E-state index in [9.17, 15) is 26.4 Å². The highest BCUT2D eigenvalue weighted by atomic mass is 32.2. The van der Waals surface area contributed by atoms with Crippen molar-refractivity contribution in [3.8, 4) is 0 Å². The summed E-state index contributed by atoms with van der Waals surface area (Å²) in [5.41, 5.74) is -0.894. The molecule has 1 fully saturated rings. The van der Waals surface area contributed by atoms with Gasteiger partial charge in [0.2, 0.25) is 0 Å². The Hall–Kier alpha value is -2.16. The molecule has 0 radical (unpaired) electrons. The molecule has 1 aliphatic rings. The van der Waals surface area contributed by atoms with E-state index in [0.717, 1.165) is 25.2 Å². The molecule has 5 nitrogen and oxygen atoms in total. The van der Waals surface area contributed by atoms with Gasteiger partial charge in [-0.3, -0.25) is 4.79 Å². The molecule has 26 heavy (non-hydrogen) atoms. The lowest BCUT2D eigenvalue weighted by Gasteiger charge is -2.12. The smallest absolute Gasteiger partial charge is 0.360 e. The monoisotopic (exact) mass is 387 g/mol. The first-order valence-electron chi connectivity index (χ1n) is 7.98. The molecule has 0 N–H and O–H groups in total. The van der Waals surface area contributed by atoms with Crippen LogP contribution in [0.1, 0.15) is 58.6 Å². The van der Waals surface area contributed by atoms with E-state index < -0.39 is 32.3 Å². The molecule has 0 saturated heterocycles. The Kier molecular flexibility index (Phi) is 4.46. The van der Waals surface area contributed by atoms with Crippen molar-refractivity contribution in [1.82, 2.24) is 5.16 Å². The zero-order valence-electron chi connectivity index (χ0n) is 14.1. The molecular formula is C17H16F3NO4S. The summed E-state index contributed by atoms with van der Waals surface area (Å²) in [4.78, 5) is 12.4. The molecule has 0 aliphatic heterocycles. The molecule has 1 saturated carbocycles. The molecule has 1 aliphatic carbocycles. The number of alkyl halides is 3. The lowest BCUT2D eigenvalue weighted by molar-refractivity contribution is -0.137. The van der Waals surface area contributed by atoms with Crippen molar-refractivity contribution in [2.75, 3.05) is 6.26 Å². The number of nitrogens with zero attached hydrogens (tertiary/aromatic N) is 1. The number of aryl methyl sites for hydroxylation is 1. The standard InChI is InChI=1S/C17H16F3NO4S/c1-3-12-14(16(25-21-12)9-4-5-9)15(22)11-7-6-10(17(18,19)20)8-13(11)26(2,23)24/h6-9H,3-5H2,1-2H3. The van der Waals surface area contributed by atoms with E-state index >= 15 is 0 Å². The molecule has 1 aromatic heterocycles. The van der Waals surface area contributed by atoms with Crippen molar-refractivity contribution < 1.29 is 30.9 Å². The van der Waals surface area contributed by atoms with Crippen LogP contribution in [0.5, 0.6) is 0 Å². The van der Waals surface area contributed by atoms with Crippen LogP contribution in [-0.2, 0) is 22.4 Å². The van der Waals surface area contributed by atoms with Crippen molar-refractivity contribution in [2.45, 2.75) is 43.2 Å². The summed E-state index contributed by atoms with van der Waals surface area (Å²) in [6.07, 6.45) is -1.91. The molecule has 0 unspecified atom stereocenters. The number of hydrogen-bond donors (Lipinski definition) is 0. The van der Waals surface area contributed by atoms with Crippen molar-refractivity contribution in [1.29, 1.82) is 0 Å². The fourth-order valence-electron chi connectivity index (χ4n) is 2.77. The summed E-state index contributed by atoms with van der Waals surface area (Å²) in [6, 6.07) is 2.11. The predicted molar refractivity (Wildman–Crippen MR) is 85.8 cm³/mol. The van der Waals surface area contributed by atoms with Gasteiger partial charge >= 0.3 is 6.18 Å². The van der Waals surface area contributed by atoms with Crippen LogP contribution in [-0.4, -0.2) is 25.6 Å². The summed E-state index contributed by atoms with van der Waals surface area (Å²) in [6.45, 7) is 1.76. The molecule has 1 aromatic carbocycles. The van der Waals surface area contributed by atoms with Crippen LogP contribution in [0, 0.1) is 0 Å². The van der Waals surface area contributed by atoms with E-state index in [0.29, 0.717) is 30.0 Å². The van der Waals surface area contributed by atoms with E-state index in [1.807, 2.05) is 0 Å². The third-order valence-electron chi connectivity index (χ3n) is 4.25. The van der Waals surface area contributed by atoms with Gasteiger partial charge in [-0.2, -0.15) is 13.2 Å². The van der Waals surface area contributed by atoms with E-state index in [1.54, 1.807) is 6.92 Å². The first kappa shape index (κ1) is 18.6. The second kappa shape index (κ2) is 6.22. The molecule has 3 rings (SSSR count). The lowest BCUT2D eigenvalue weighted by Crippen LogP contribution is -2.14. The van der Waals surface area contributed by atoms with Crippen LogP contribution in [0.15, 0.2) is 27.6 Å². The molecule has 0 amide bonds. The summed E-state index contributed by atoms with van der Waals surface area (Å²) >= 11 is 0. The number of aromatic nitrogens is 1. The van der Waals surface area contributed by atoms with Crippen molar-refractivity contribution in [3.05, 3.63) is 46.3 Å². The fourth-order valence-corrected chi connectivity index (χ4v) is 3.68. The second-order valence-corrected chi connectivity index (χ2v) is 8.29. The van der Waals surface area contributed by atoms with E-state index in [4.69, 9.17) is 4.52 Å². The third-order valence-corrected chi connectivity index (χ3v) is 5.39. The first-order chi connectivity index (χ1) is 12.0. The number of ketones is 1. The van der Waals surface area contributed by atoms with Crippen LogP contribution < -0.4 is 0 Å². The Bertz CT molecular complexity index is 972. The summed E-state index contributed by atoms with van der Waals surface area (Å²) in [7, 11) is -4.06. The quantitative estimate of drug-likeness (QED) is 0.730. The Morgan fingerprint density at radius 2 is 1.96 bits per heavy atom. The number of hydrogen-bond acceptors (Lipinski definition) is 5. The van der Waals surface area contributed by atoms with Gasteiger partial charge in [-0.05, 0) is 37.5 Å². The van der Waals surface area contributed by atoms with Gasteiger partial charge in [0.05, 0.1) is 21.7 Å². The largest absolute Gasteiger partial charge is 0.416 e.